The zero-order valence-corrected chi connectivity index (χ0v) is 16.5. The molecule has 0 atom stereocenters. The van der Waals surface area contributed by atoms with E-state index in [4.69, 9.17) is 19.1 Å². The van der Waals surface area contributed by atoms with E-state index in [2.05, 4.69) is 5.16 Å². The van der Waals surface area contributed by atoms with Gasteiger partial charge in [0.05, 0.1) is 10.5 Å². The molecule has 0 bridgehead atoms. The lowest BCUT2D eigenvalue weighted by Gasteiger charge is -2.16. The minimum absolute atomic E-state index is 0.0293. The molecule has 2 aromatic carbocycles. The van der Waals surface area contributed by atoms with E-state index in [1.807, 2.05) is 44.2 Å². The van der Waals surface area contributed by atoms with E-state index in [0.29, 0.717) is 35.8 Å². The molecule has 7 nitrogen and oxygen atoms in total. The van der Waals surface area contributed by atoms with Gasteiger partial charge in [-0.2, -0.15) is 0 Å². The minimum atomic E-state index is -3.78. The zero-order chi connectivity index (χ0) is 20.1. The van der Waals surface area contributed by atoms with Crippen molar-refractivity contribution < 1.29 is 22.4 Å². The van der Waals surface area contributed by atoms with Crippen molar-refractivity contribution in [3.05, 3.63) is 60.3 Å². The average molecular weight is 402 g/mol. The van der Waals surface area contributed by atoms with E-state index in [-0.39, 0.29) is 4.90 Å². The Morgan fingerprint density at radius 3 is 2.11 bits per heavy atom. The molecule has 2 N–H and O–H groups in total. The van der Waals surface area contributed by atoms with E-state index in [1.165, 1.54) is 12.1 Å². The van der Waals surface area contributed by atoms with Crippen LogP contribution in [0.3, 0.4) is 0 Å². The number of benzene rings is 2. The van der Waals surface area contributed by atoms with E-state index in [9.17, 15) is 8.42 Å². The lowest BCUT2D eigenvalue weighted by atomic mass is 9.99. The number of primary sulfonamides is 1. The highest BCUT2D eigenvalue weighted by Crippen LogP contribution is 2.39. The van der Waals surface area contributed by atoms with Crippen LogP contribution in [0.5, 0.6) is 0 Å². The van der Waals surface area contributed by atoms with Gasteiger partial charge in [0.2, 0.25) is 16.3 Å². The maximum atomic E-state index is 11.6. The molecule has 0 radical (unpaired) electrons. The monoisotopic (exact) mass is 402 g/mol. The van der Waals surface area contributed by atoms with Gasteiger partial charge < -0.3 is 14.0 Å². The third-order valence-corrected chi connectivity index (χ3v) is 5.01. The number of rotatable bonds is 8. The Bertz CT molecular complexity index is 1010. The van der Waals surface area contributed by atoms with Gasteiger partial charge in [-0.25, -0.2) is 13.6 Å². The maximum Gasteiger partial charge on any atom is 0.238 e. The Labute approximate surface area is 164 Å². The number of nitrogens with zero attached hydrogens (tertiary/aromatic N) is 1. The van der Waals surface area contributed by atoms with Crippen molar-refractivity contribution >= 4 is 10.0 Å². The van der Waals surface area contributed by atoms with Crippen LogP contribution in [0.15, 0.2) is 64.0 Å². The second-order valence-corrected chi connectivity index (χ2v) is 7.51. The number of nitrogens with two attached hydrogens (primary N) is 1. The van der Waals surface area contributed by atoms with E-state index in [1.54, 1.807) is 12.1 Å². The van der Waals surface area contributed by atoms with Crippen LogP contribution < -0.4 is 5.14 Å². The number of aromatic nitrogens is 1. The summed E-state index contributed by atoms with van der Waals surface area (Å²) in [5.41, 5.74) is 2.72. The summed E-state index contributed by atoms with van der Waals surface area (Å²) >= 11 is 0. The number of hydrogen-bond acceptors (Lipinski definition) is 6. The first-order chi connectivity index (χ1) is 13.5. The predicted molar refractivity (Wildman–Crippen MR) is 105 cm³/mol. The number of ether oxygens (including phenoxy) is 2. The Morgan fingerprint density at radius 2 is 1.57 bits per heavy atom. The molecule has 0 aliphatic rings. The largest absolute Gasteiger partial charge is 0.355 e. The number of hydrogen-bond donors (Lipinski definition) is 1. The maximum absolute atomic E-state index is 11.6. The lowest BCUT2D eigenvalue weighted by molar-refractivity contribution is -0.143. The Hall–Kier alpha value is -2.52. The van der Waals surface area contributed by atoms with Crippen molar-refractivity contribution in [3.8, 4) is 22.5 Å². The molecular formula is C20H22N2O5S. The SMILES string of the molecule is CCOC(OCC)c1noc(-c2ccccc2)c1-c1ccc(S(N)(=O)=O)cc1. The van der Waals surface area contributed by atoms with Crippen molar-refractivity contribution in [1.82, 2.24) is 5.16 Å². The second-order valence-electron chi connectivity index (χ2n) is 5.95. The standard InChI is InChI=1S/C20H22N2O5S/c1-3-25-20(26-4-2)18-17(14-10-12-16(13-11-14)28(21,23)24)19(27-22-18)15-8-6-5-7-9-15/h5-13,20H,3-4H2,1-2H3,(H2,21,23,24). The summed E-state index contributed by atoms with van der Waals surface area (Å²) in [6, 6.07) is 15.7. The molecule has 3 aromatic rings. The fourth-order valence-electron chi connectivity index (χ4n) is 2.85. The second kappa shape index (κ2) is 8.66. The van der Waals surface area contributed by atoms with Gasteiger partial charge in [0.25, 0.3) is 0 Å². The molecule has 0 aliphatic heterocycles. The molecule has 0 saturated heterocycles. The van der Waals surface area contributed by atoms with Crippen LogP contribution in [0.2, 0.25) is 0 Å². The smallest absolute Gasteiger partial charge is 0.238 e. The van der Waals surface area contributed by atoms with Crippen molar-refractivity contribution in [2.75, 3.05) is 13.2 Å². The van der Waals surface area contributed by atoms with Gasteiger partial charge in [-0.3, -0.25) is 0 Å². The van der Waals surface area contributed by atoms with E-state index < -0.39 is 16.3 Å². The normalized spacial score (nSPS) is 11.9. The summed E-state index contributed by atoms with van der Waals surface area (Å²) in [4.78, 5) is 0.0293. The molecule has 8 heteroatoms. The van der Waals surface area contributed by atoms with Crippen LogP contribution in [0.4, 0.5) is 0 Å². The van der Waals surface area contributed by atoms with Crippen molar-refractivity contribution in [2.45, 2.75) is 25.0 Å². The molecule has 28 heavy (non-hydrogen) atoms. The van der Waals surface area contributed by atoms with Gasteiger partial charge >= 0.3 is 0 Å². The van der Waals surface area contributed by atoms with Crippen LogP contribution >= 0.6 is 0 Å². The molecule has 0 amide bonds. The molecule has 0 spiro atoms. The van der Waals surface area contributed by atoms with Gasteiger partial charge in [0.1, 0.15) is 5.69 Å². The summed E-state index contributed by atoms with van der Waals surface area (Å²) in [7, 11) is -3.78. The van der Waals surface area contributed by atoms with Crippen LogP contribution in [0, 0.1) is 0 Å². The minimum Gasteiger partial charge on any atom is -0.355 e. The molecule has 148 valence electrons. The first-order valence-electron chi connectivity index (χ1n) is 8.87. The van der Waals surface area contributed by atoms with Crippen molar-refractivity contribution in [2.24, 2.45) is 5.14 Å². The first-order valence-corrected chi connectivity index (χ1v) is 10.4. The zero-order valence-electron chi connectivity index (χ0n) is 15.7. The molecule has 1 heterocycles. The molecule has 0 fully saturated rings. The fourth-order valence-corrected chi connectivity index (χ4v) is 3.36. The topological polar surface area (TPSA) is 105 Å². The van der Waals surface area contributed by atoms with Crippen molar-refractivity contribution in [3.63, 3.8) is 0 Å². The molecule has 0 unspecified atom stereocenters. The van der Waals surface area contributed by atoms with Gasteiger partial charge in [-0.15, -0.1) is 0 Å². The Kier molecular flexibility index (Phi) is 6.25. The van der Waals surface area contributed by atoms with Crippen LogP contribution in [-0.2, 0) is 19.5 Å². The third-order valence-electron chi connectivity index (χ3n) is 4.09. The van der Waals surface area contributed by atoms with Gasteiger partial charge in [-0.05, 0) is 31.5 Å². The van der Waals surface area contributed by atoms with Crippen LogP contribution in [0.25, 0.3) is 22.5 Å². The summed E-state index contributed by atoms with van der Waals surface area (Å²) in [6.45, 7) is 4.60. The Morgan fingerprint density at radius 1 is 0.964 bits per heavy atom. The first kappa shape index (κ1) is 20.2. The van der Waals surface area contributed by atoms with E-state index >= 15 is 0 Å². The summed E-state index contributed by atoms with van der Waals surface area (Å²) in [6.07, 6.45) is -0.705. The third kappa shape index (κ3) is 4.31. The van der Waals surface area contributed by atoms with Gasteiger partial charge in [0, 0.05) is 18.8 Å². The highest BCUT2D eigenvalue weighted by atomic mass is 32.2. The van der Waals surface area contributed by atoms with Gasteiger partial charge in [-0.1, -0.05) is 47.6 Å². The summed E-state index contributed by atoms with van der Waals surface area (Å²) < 4.78 is 40.2. The quantitative estimate of drug-likeness (QED) is 0.576. The van der Waals surface area contributed by atoms with Crippen LogP contribution in [-0.4, -0.2) is 26.8 Å². The van der Waals surface area contributed by atoms with Crippen molar-refractivity contribution in [1.29, 1.82) is 0 Å². The Balaban J connectivity index is 2.16. The predicted octanol–water partition coefficient (Wildman–Crippen LogP) is 3.73. The summed E-state index contributed by atoms with van der Waals surface area (Å²) in [5, 5.41) is 9.41. The molecule has 0 saturated carbocycles. The highest BCUT2D eigenvalue weighted by Gasteiger charge is 2.26. The number of sulfonamides is 1. The summed E-state index contributed by atoms with van der Waals surface area (Å²) in [5.74, 6) is 0.545. The molecule has 0 aliphatic carbocycles. The van der Waals surface area contributed by atoms with E-state index in [0.717, 1.165) is 5.56 Å². The lowest BCUT2D eigenvalue weighted by Crippen LogP contribution is -2.12. The molecule has 3 rings (SSSR count). The fraction of sp³-hybridized carbons (Fsp3) is 0.250. The average Bonchev–Trinajstić information content (AvgIpc) is 3.13. The molecular weight excluding hydrogens is 380 g/mol. The van der Waals surface area contributed by atoms with Gasteiger partial charge in [0.15, 0.2) is 5.76 Å². The highest BCUT2D eigenvalue weighted by molar-refractivity contribution is 7.89. The van der Waals surface area contributed by atoms with Crippen LogP contribution in [0.1, 0.15) is 25.8 Å². The molecule has 1 aromatic heterocycles.